The normalized spacial score (nSPS) is 22.3. The molecule has 0 amide bonds. The Morgan fingerprint density at radius 1 is 1.36 bits per heavy atom. The van der Waals surface area contributed by atoms with Crippen molar-refractivity contribution in [1.29, 1.82) is 0 Å². The molecule has 1 N–H and O–H groups in total. The second-order valence-electron chi connectivity index (χ2n) is 4.07. The van der Waals surface area contributed by atoms with Crippen LogP contribution in [-0.4, -0.2) is 20.6 Å². The zero-order valence-electron chi connectivity index (χ0n) is 8.92. The molecule has 0 spiro atoms. The zero-order valence-corrected chi connectivity index (χ0v) is 9.73. The maximum atomic E-state index is 3.58. The molecule has 2 heterocycles. The van der Waals surface area contributed by atoms with Crippen LogP contribution in [0.3, 0.4) is 0 Å². The van der Waals surface area contributed by atoms with Crippen molar-refractivity contribution in [3.05, 3.63) is 17.0 Å². The minimum atomic E-state index is 0.613. The fourth-order valence-corrected chi connectivity index (χ4v) is 2.90. The van der Waals surface area contributed by atoms with Gasteiger partial charge in [0.05, 0.1) is 5.00 Å². The van der Waals surface area contributed by atoms with Crippen molar-refractivity contribution >= 4 is 16.3 Å². The van der Waals surface area contributed by atoms with E-state index in [-0.39, 0.29) is 0 Å². The van der Waals surface area contributed by atoms with E-state index in [0.717, 1.165) is 0 Å². The first-order valence-corrected chi connectivity index (χ1v) is 6.09. The molecule has 1 fully saturated rings. The summed E-state index contributed by atoms with van der Waals surface area (Å²) in [6.45, 7) is 1.18. The van der Waals surface area contributed by atoms with Gasteiger partial charge in [0.2, 0.25) is 0 Å². The predicted molar refractivity (Wildman–Crippen MR) is 63.2 cm³/mol. The molecular weight excluding hydrogens is 192 g/mol. The Bertz CT molecular complexity index is 287. The summed E-state index contributed by atoms with van der Waals surface area (Å²) in [4.78, 5) is 3.67. The topological polar surface area (TPSA) is 15.3 Å². The van der Waals surface area contributed by atoms with Gasteiger partial charge in [-0.1, -0.05) is 6.42 Å². The highest BCUT2D eigenvalue weighted by Crippen LogP contribution is 2.32. The molecule has 0 saturated carbocycles. The van der Waals surface area contributed by atoms with Gasteiger partial charge < -0.3 is 10.2 Å². The molecule has 14 heavy (non-hydrogen) atoms. The van der Waals surface area contributed by atoms with Crippen molar-refractivity contribution < 1.29 is 0 Å². The van der Waals surface area contributed by atoms with Crippen LogP contribution in [-0.2, 0) is 0 Å². The first-order valence-electron chi connectivity index (χ1n) is 5.28. The highest BCUT2D eigenvalue weighted by Gasteiger charge is 2.16. The molecule has 1 aliphatic heterocycles. The summed E-state index contributed by atoms with van der Waals surface area (Å²) in [6, 6.07) is 5.10. The number of hydrogen-bond acceptors (Lipinski definition) is 3. The number of thiophene rings is 1. The van der Waals surface area contributed by atoms with Gasteiger partial charge in [-0.25, -0.2) is 0 Å². The molecule has 1 atom stereocenters. The fourth-order valence-electron chi connectivity index (χ4n) is 1.86. The van der Waals surface area contributed by atoms with Gasteiger partial charge >= 0.3 is 0 Å². The maximum Gasteiger partial charge on any atom is 0.0906 e. The zero-order chi connectivity index (χ0) is 9.97. The molecular formula is C11H18N2S. The highest BCUT2D eigenvalue weighted by molar-refractivity contribution is 7.16. The van der Waals surface area contributed by atoms with Crippen LogP contribution in [0, 0.1) is 0 Å². The summed E-state index contributed by atoms with van der Waals surface area (Å²) in [5, 5.41) is 4.93. The summed E-state index contributed by atoms with van der Waals surface area (Å²) in [5.41, 5.74) is 0. The molecule has 0 aromatic carbocycles. The second kappa shape index (κ2) is 4.32. The van der Waals surface area contributed by atoms with E-state index >= 15 is 0 Å². The smallest absolute Gasteiger partial charge is 0.0906 e. The number of piperidine rings is 1. The average molecular weight is 210 g/mol. The Morgan fingerprint density at radius 2 is 2.21 bits per heavy atom. The molecule has 1 aromatic heterocycles. The van der Waals surface area contributed by atoms with E-state index in [1.54, 1.807) is 0 Å². The summed E-state index contributed by atoms with van der Waals surface area (Å²) in [7, 11) is 4.20. The van der Waals surface area contributed by atoms with Gasteiger partial charge in [0, 0.05) is 25.0 Å². The van der Waals surface area contributed by atoms with Crippen LogP contribution in [0.5, 0.6) is 0 Å². The Balaban J connectivity index is 2.07. The molecule has 0 unspecified atom stereocenters. The van der Waals surface area contributed by atoms with Crippen LogP contribution in [0.4, 0.5) is 5.00 Å². The van der Waals surface area contributed by atoms with Crippen LogP contribution in [0.15, 0.2) is 12.1 Å². The van der Waals surface area contributed by atoms with Gasteiger partial charge in [0.15, 0.2) is 0 Å². The first kappa shape index (κ1) is 9.99. The van der Waals surface area contributed by atoms with Gasteiger partial charge in [-0.05, 0) is 31.5 Å². The lowest BCUT2D eigenvalue weighted by Crippen LogP contribution is -2.25. The molecule has 2 rings (SSSR count). The van der Waals surface area contributed by atoms with Crippen molar-refractivity contribution in [3.63, 3.8) is 0 Å². The Kier molecular flexibility index (Phi) is 3.08. The molecule has 1 aliphatic rings. The molecule has 1 saturated heterocycles. The lowest BCUT2D eigenvalue weighted by atomic mass is 10.0. The average Bonchev–Trinajstić information content (AvgIpc) is 2.68. The minimum absolute atomic E-state index is 0.613. The van der Waals surface area contributed by atoms with Gasteiger partial charge in [-0.3, -0.25) is 0 Å². The van der Waals surface area contributed by atoms with Crippen molar-refractivity contribution in [1.82, 2.24) is 5.32 Å². The van der Waals surface area contributed by atoms with E-state index < -0.39 is 0 Å². The van der Waals surface area contributed by atoms with Crippen LogP contribution < -0.4 is 10.2 Å². The van der Waals surface area contributed by atoms with E-state index in [4.69, 9.17) is 0 Å². The third-order valence-corrected chi connectivity index (χ3v) is 4.07. The summed E-state index contributed by atoms with van der Waals surface area (Å²) in [5.74, 6) is 0. The SMILES string of the molecule is CN(C)c1ccc([C@@H]2CCCCN2)s1. The van der Waals surface area contributed by atoms with Crippen LogP contribution in [0.2, 0.25) is 0 Å². The van der Waals surface area contributed by atoms with Gasteiger partial charge in [0.25, 0.3) is 0 Å². The largest absolute Gasteiger partial charge is 0.370 e. The Hall–Kier alpha value is -0.540. The van der Waals surface area contributed by atoms with E-state index in [9.17, 15) is 0 Å². The van der Waals surface area contributed by atoms with E-state index in [2.05, 4.69) is 36.4 Å². The number of anilines is 1. The molecule has 1 aromatic rings. The number of hydrogen-bond donors (Lipinski definition) is 1. The highest BCUT2D eigenvalue weighted by atomic mass is 32.1. The van der Waals surface area contributed by atoms with Gasteiger partial charge in [0.1, 0.15) is 0 Å². The Labute approximate surface area is 89.9 Å². The second-order valence-corrected chi connectivity index (χ2v) is 5.17. The third-order valence-electron chi connectivity index (χ3n) is 2.71. The molecule has 0 radical (unpaired) electrons. The molecule has 0 aliphatic carbocycles. The van der Waals surface area contributed by atoms with Crippen LogP contribution in [0.25, 0.3) is 0 Å². The standard InChI is InChI=1S/C11H18N2S/c1-13(2)11-7-6-10(14-11)9-5-3-4-8-12-9/h6-7,9,12H,3-5,8H2,1-2H3/t9-/m0/s1. The van der Waals surface area contributed by atoms with Crippen LogP contribution >= 0.6 is 11.3 Å². The molecule has 3 heteroatoms. The van der Waals surface area contributed by atoms with Crippen molar-refractivity contribution in [2.45, 2.75) is 25.3 Å². The van der Waals surface area contributed by atoms with E-state index in [1.165, 1.54) is 35.7 Å². The summed E-state index contributed by atoms with van der Waals surface area (Å²) >= 11 is 1.91. The predicted octanol–water partition coefficient (Wildman–Crippen LogP) is 2.63. The van der Waals surface area contributed by atoms with Crippen LogP contribution in [0.1, 0.15) is 30.2 Å². The molecule has 0 bridgehead atoms. The quantitative estimate of drug-likeness (QED) is 0.807. The molecule has 2 nitrogen and oxygen atoms in total. The lowest BCUT2D eigenvalue weighted by molar-refractivity contribution is 0.417. The minimum Gasteiger partial charge on any atom is -0.370 e. The van der Waals surface area contributed by atoms with Crippen molar-refractivity contribution in [2.24, 2.45) is 0 Å². The number of rotatable bonds is 2. The number of nitrogens with one attached hydrogen (secondary N) is 1. The van der Waals surface area contributed by atoms with Gasteiger partial charge in [-0.2, -0.15) is 0 Å². The van der Waals surface area contributed by atoms with E-state index in [0.29, 0.717) is 6.04 Å². The summed E-state index contributed by atoms with van der Waals surface area (Å²) < 4.78 is 0. The fraction of sp³-hybridized carbons (Fsp3) is 0.636. The number of nitrogens with zero attached hydrogens (tertiary/aromatic N) is 1. The van der Waals surface area contributed by atoms with Crippen molar-refractivity contribution in [3.8, 4) is 0 Å². The molecule has 78 valence electrons. The lowest BCUT2D eigenvalue weighted by Gasteiger charge is -2.22. The van der Waals surface area contributed by atoms with E-state index in [1.807, 2.05) is 11.3 Å². The van der Waals surface area contributed by atoms with Crippen molar-refractivity contribution in [2.75, 3.05) is 25.5 Å². The summed E-state index contributed by atoms with van der Waals surface area (Å²) in [6.07, 6.45) is 4.00. The maximum absolute atomic E-state index is 3.58. The monoisotopic (exact) mass is 210 g/mol. The first-order chi connectivity index (χ1) is 6.77. The Morgan fingerprint density at radius 3 is 2.79 bits per heavy atom. The third kappa shape index (κ3) is 2.10. The van der Waals surface area contributed by atoms with Gasteiger partial charge in [-0.15, -0.1) is 11.3 Å².